The van der Waals surface area contributed by atoms with Gasteiger partial charge in [0.15, 0.2) is 0 Å². The highest BCUT2D eigenvalue weighted by molar-refractivity contribution is 5.78. The van der Waals surface area contributed by atoms with Gasteiger partial charge in [0.05, 0.1) is 0 Å². The number of benzene rings is 1. The maximum atomic E-state index is 11.5. The molecule has 16 heavy (non-hydrogen) atoms. The Hall–Kier alpha value is -1.15. The molecular formula is C14H21NO. The first-order valence-electron chi connectivity index (χ1n) is 6.08. The molecule has 0 atom stereocenters. The molecule has 0 aliphatic carbocycles. The second-order valence-corrected chi connectivity index (χ2v) is 4.12. The lowest BCUT2D eigenvalue weighted by molar-refractivity contribution is -0.119. The Morgan fingerprint density at radius 2 is 1.69 bits per heavy atom. The van der Waals surface area contributed by atoms with Crippen LogP contribution in [0.3, 0.4) is 0 Å². The highest BCUT2D eigenvalue weighted by Crippen LogP contribution is 2.07. The summed E-state index contributed by atoms with van der Waals surface area (Å²) in [5.74, 6) is 0.379. The zero-order valence-corrected chi connectivity index (χ0v) is 9.82. The maximum absolute atomic E-state index is 11.5. The monoisotopic (exact) mass is 219 g/mol. The highest BCUT2D eigenvalue weighted by atomic mass is 16.1. The molecule has 2 N–H and O–H groups in total. The molecule has 0 heterocycles. The van der Waals surface area contributed by atoms with Crippen molar-refractivity contribution in [3.8, 4) is 0 Å². The predicted octanol–water partition coefficient (Wildman–Crippen LogP) is 2.71. The molecule has 0 bridgehead atoms. The fraction of sp³-hybridized carbons (Fsp3) is 0.500. The lowest BCUT2D eigenvalue weighted by Crippen LogP contribution is -2.02. The van der Waals surface area contributed by atoms with Crippen LogP contribution in [0, 0.1) is 0 Å². The first-order valence-corrected chi connectivity index (χ1v) is 6.08. The quantitative estimate of drug-likeness (QED) is 0.683. The van der Waals surface area contributed by atoms with Crippen LogP contribution in [0.25, 0.3) is 0 Å². The van der Waals surface area contributed by atoms with Gasteiger partial charge in [0, 0.05) is 12.8 Å². The molecule has 1 aromatic carbocycles. The van der Waals surface area contributed by atoms with Crippen LogP contribution in [0.5, 0.6) is 0 Å². The molecule has 88 valence electrons. The molecule has 0 aliphatic rings. The summed E-state index contributed by atoms with van der Waals surface area (Å²) in [6, 6.07) is 10.3. The Bertz CT molecular complexity index is 295. The summed E-state index contributed by atoms with van der Waals surface area (Å²) >= 11 is 0. The van der Waals surface area contributed by atoms with Crippen LogP contribution < -0.4 is 5.73 Å². The summed E-state index contributed by atoms with van der Waals surface area (Å²) < 4.78 is 0. The van der Waals surface area contributed by atoms with Crippen molar-refractivity contribution < 1.29 is 4.79 Å². The number of hydrogen-bond acceptors (Lipinski definition) is 2. The largest absolute Gasteiger partial charge is 0.330 e. The molecule has 0 fully saturated rings. The second-order valence-electron chi connectivity index (χ2n) is 4.12. The van der Waals surface area contributed by atoms with Gasteiger partial charge >= 0.3 is 0 Å². The molecule has 0 saturated carbocycles. The van der Waals surface area contributed by atoms with E-state index < -0.39 is 0 Å². The van der Waals surface area contributed by atoms with Crippen molar-refractivity contribution in [2.24, 2.45) is 5.73 Å². The zero-order valence-electron chi connectivity index (χ0n) is 9.82. The van der Waals surface area contributed by atoms with Crippen molar-refractivity contribution in [3.63, 3.8) is 0 Å². The van der Waals surface area contributed by atoms with Crippen molar-refractivity contribution in [2.45, 2.75) is 38.5 Å². The van der Waals surface area contributed by atoms with E-state index in [0.29, 0.717) is 25.2 Å². The summed E-state index contributed by atoms with van der Waals surface area (Å²) in [6.45, 7) is 0.692. The van der Waals surface area contributed by atoms with E-state index in [4.69, 9.17) is 5.73 Å². The van der Waals surface area contributed by atoms with Gasteiger partial charge in [-0.15, -0.1) is 0 Å². The second kappa shape index (κ2) is 8.05. The molecule has 0 aliphatic heterocycles. The Morgan fingerprint density at radius 3 is 2.38 bits per heavy atom. The number of Topliss-reactive ketones (excluding diaryl/α,β-unsaturated/α-hetero) is 1. The number of aryl methyl sites for hydroxylation is 1. The van der Waals surface area contributed by atoms with Gasteiger partial charge in [-0.25, -0.2) is 0 Å². The molecule has 0 spiro atoms. The first-order chi connectivity index (χ1) is 7.83. The van der Waals surface area contributed by atoms with Gasteiger partial charge in [-0.1, -0.05) is 30.3 Å². The van der Waals surface area contributed by atoms with Gasteiger partial charge in [-0.3, -0.25) is 4.79 Å². The number of rotatable bonds is 8. The molecule has 0 radical (unpaired) electrons. The average molecular weight is 219 g/mol. The van der Waals surface area contributed by atoms with E-state index in [9.17, 15) is 4.79 Å². The smallest absolute Gasteiger partial charge is 0.132 e. The van der Waals surface area contributed by atoms with Crippen LogP contribution in [-0.4, -0.2) is 12.3 Å². The molecule has 1 rings (SSSR count). The van der Waals surface area contributed by atoms with Gasteiger partial charge < -0.3 is 5.73 Å². The van der Waals surface area contributed by atoms with E-state index in [0.717, 1.165) is 25.7 Å². The molecule has 2 heteroatoms. The topological polar surface area (TPSA) is 43.1 Å². The van der Waals surface area contributed by atoms with Crippen LogP contribution in [0.2, 0.25) is 0 Å². The van der Waals surface area contributed by atoms with Gasteiger partial charge in [-0.2, -0.15) is 0 Å². The molecule has 0 saturated heterocycles. The Labute approximate surface area is 97.9 Å². The fourth-order valence-electron chi connectivity index (χ4n) is 1.73. The van der Waals surface area contributed by atoms with E-state index in [1.165, 1.54) is 5.56 Å². The lowest BCUT2D eigenvalue weighted by Gasteiger charge is -2.01. The SMILES string of the molecule is NCCCCC(=O)CCCc1ccccc1. The third-order valence-corrected chi connectivity index (χ3v) is 2.67. The van der Waals surface area contributed by atoms with Gasteiger partial charge in [0.1, 0.15) is 5.78 Å². The van der Waals surface area contributed by atoms with E-state index in [1.807, 2.05) is 18.2 Å². The number of ketones is 1. The van der Waals surface area contributed by atoms with Gasteiger partial charge in [0.2, 0.25) is 0 Å². The summed E-state index contributed by atoms with van der Waals surface area (Å²) in [4.78, 5) is 11.5. The molecular weight excluding hydrogens is 198 g/mol. The fourth-order valence-corrected chi connectivity index (χ4v) is 1.73. The Morgan fingerprint density at radius 1 is 1.00 bits per heavy atom. The summed E-state index contributed by atoms with van der Waals surface area (Å²) in [7, 11) is 0. The summed E-state index contributed by atoms with van der Waals surface area (Å²) in [5, 5.41) is 0. The van der Waals surface area contributed by atoms with Gasteiger partial charge in [-0.05, 0) is 37.8 Å². The van der Waals surface area contributed by atoms with Crippen molar-refractivity contribution in [1.82, 2.24) is 0 Å². The van der Waals surface area contributed by atoms with Crippen molar-refractivity contribution in [1.29, 1.82) is 0 Å². The Kier molecular flexibility index (Phi) is 6.50. The maximum Gasteiger partial charge on any atom is 0.132 e. The van der Waals surface area contributed by atoms with Crippen molar-refractivity contribution in [2.75, 3.05) is 6.54 Å². The summed E-state index contributed by atoms with van der Waals surface area (Å²) in [6.07, 6.45) is 5.28. The van der Waals surface area contributed by atoms with Crippen molar-refractivity contribution in [3.05, 3.63) is 35.9 Å². The zero-order chi connectivity index (χ0) is 11.6. The molecule has 2 nitrogen and oxygen atoms in total. The molecule has 0 aromatic heterocycles. The minimum atomic E-state index is 0.379. The number of carbonyl (C=O) groups is 1. The standard InChI is InChI=1S/C14H21NO/c15-12-5-4-10-14(16)11-6-9-13-7-2-1-3-8-13/h1-3,7-8H,4-6,9-12,15H2. The van der Waals surface area contributed by atoms with E-state index in [1.54, 1.807) is 0 Å². The average Bonchev–Trinajstić information content (AvgIpc) is 2.31. The van der Waals surface area contributed by atoms with E-state index in [2.05, 4.69) is 12.1 Å². The van der Waals surface area contributed by atoms with Crippen LogP contribution in [-0.2, 0) is 11.2 Å². The van der Waals surface area contributed by atoms with Crippen LogP contribution in [0.1, 0.15) is 37.7 Å². The summed E-state index contributed by atoms with van der Waals surface area (Å²) in [5.41, 5.74) is 6.70. The normalized spacial score (nSPS) is 10.3. The lowest BCUT2D eigenvalue weighted by atomic mass is 10.0. The van der Waals surface area contributed by atoms with Crippen LogP contribution in [0.4, 0.5) is 0 Å². The predicted molar refractivity (Wildman–Crippen MR) is 67.3 cm³/mol. The van der Waals surface area contributed by atoms with Gasteiger partial charge in [0.25, 0.3) is 0 Å². The Balaban J connectivity index is 2.09. The number of nitrogens with two attached hydrogens (primary N) is 1. The van der Waals surface area contributed by atoms with Crippen LogP contribution >= 0.6 is 0 Å². The third-order valence-electron chi connectivity index (χ3n) is 2.67. The minimum Gasteiger partial charge on any atom is -0.330 e. The minimum absolute atomic E-state index is 0.379. The van der Waals surface area contributed by atoms with E-state index in [-0.39, 0.29) is 0 Å². The number of hydrogen-bond donors (Lipinski definition) is 1. The molecule has 1 aromatic rings. The number of carbonyl (C=O) groups excluding carboxylic acids is 1. The van der Waals surface area contributed by atoms with Crippen molar-refractivity contribution >= 4 is 5.78 Å². The third kappa shape index (κ3) is 5.66. The molecule has 0 unspecified atom stereocenters. The highest BCUT2D eigenvalue weighted by Gasteiger charge is 2.01. The van der Waals surface area contributed by atoms with Crippen LogP contribution in [0.15, 0.2) is 30.3 Å². The first kappa shape index (κ1) is 12.9. The number of unbranched alkanes of at least 4 members (excludes halogenated alkanes) is 1. The molecule has 0 amide bonds. The van der Waals surface area contributed by atoms with E-state index >= 15 is 0 Å².